The summed E-state index contributed by atoms with van der Waals surface area (Å²) in [6, 6.07) is 2.30. The summed E-state index contributed by atoms with van der Waals surface area (Å²) in [5, 5.41) is 8.93. The van der Waals surface area contributed by atoms with Crippen molar-refractivity contribution >= 4 is 5.82 Å². The summed E-state index contributed by atoms with van der Waals surface area (Å²) in [6.07, 6.45) is 9.02. The van der Waals surface area contributed by atoms with E-state index in [4.69, 9.17) is 4.74 Å². The molecule has 1 aliphatic heterocycles. The quantitative estimate of drug-likeness (QED) is 0.692. The number of nitrogens with zero attached hydrogens (tertiary/aromatic N) is 7. The van der Waals surface area contributed by atoms with Crippen LogP contribution in [0.4, 0.5) is 5.82 Å². The zero-order chi connectivity index (χ0) is 20.7. The molecule has 0 amide bonds. The van der Waals surface area contributed by atoms with Gasteiger partial charge in [0.2, 0.25) is 0 Å². The molecule has 8 heteroatoms. The summed E-state index contributed by atoms with van der Waals surface area (Å²) < 4.78 is 8.58. The van der Waals surface area contributed by atoms with Crippen LogP contribution in [0.2, 0.25) is 0 Å². The highest BCUT2D eigenvalue weighted by Gasteiger charge is 2.44. The minimum atomic E-state index is 0.216. The summed E-state index contributed by atoms with van der Waals surface area (Å²) in [5.41, 5.74) is 1.02. The van der Waals surface area contributed by atoms with Gasteiger partial charge in [0, 0.05) is 32.4 Å². The van der Waals surface area contributed by atoms with Crippen molar-refractivity contribution in [3.63, 3.8) is 0 Å². The third-order valence-corrected chi connectivity index (χ3v) is 6.79. The molecule has 2 aromatic rings. The van der Waals surface area contributed by atoms with Gasteiger partial charge in [0.05, 0.1) is 24.0 Å². The smallest absolute Gasteiger partial charge is 0.132 e. The Bertz CT molecular complexity index is 865. The maximum absolute atomic E-state index is 6.49. The molecular formula is C22H33N7O. The second-order valence-electron chi connectivity index (χ2n) is 9.67. The van der Waals surface area contributed by atoms with Gasteiger partial charge >= 0.3 is 0 Å². The molecule has 0 radical (unpaired) electrons. The average Bonchev–Trinajstić information content (AvgIpc) is 3.27. The molecule has 3 fully saturated rings. The third kappa shape index (κ3) is 4.34. The van der Waals surface area contributed by atoms with Gasteiger partial charge in [0.15, 0.2) is 0 Å². The van der Waals surface area contributed by atoms with Gasteiger partial charge in [0.25, 0.3) is 0 Å². The van der Waals surface area contributed by atoms with Crippen LogP contribution in [0.5, 0.6) is 0 Å². The lowest BCUT2D eigenvalue weighted by Crippen LogP contribution is -2.38. The summed E-state index contributed by atoms with van der Waals surface area (Å²) in [7, 11) is 4.13. The van der Waals surface area contributed by atoms with Crippen LogP contribution in [0, 0.1) is 24.7 Å². The van der Waals surface area contributed by atoms with Crippen LogP contribution in [-0.2, 0) is 11.3 Å². The summed E-state index contributed by atoms with van der Waals surface area (Å²) in [6.45, 7) is 5.77. The number of aromatic nitrogens is 5. The van der Waals surface area contributed by atoms with E-state index in [1.165, 1.54) is 12.8 Å². The van der Waals surface area contributed by atoms with Crippen molar-refractivity contribution < 1.29 is 4.74 Å². The minimum absolute atomic E-state index is 0.216. The van der Waals surface area contributed by atoms with Gasteiger partial charge < -0.3 is 14.5 Å². The summed E-state index contributed by atoms with van der Waals surface area (Å²) >= 11 is 0. The molecule has 0 N–H and O–H groups in total. The molecule has 3 aliphatic rings. The van der Waals surface area contributed by atoms with Gasteiger partial charge in [-0.15, -0.1) is 5.10 Å². The van der Waals surface area contributed by atoms with Crippen LogP contribution in [0.25, 0.3) is 0 Å². The van der Waals surface area contributed by atoms with Crippen LogP contribution < -0.4 is 4.90 Å². The fraction of sp³-hybridized carbons (Fsp3) is 0.727. The number of hydrogen-bond donors (Lipinski definition) is 0. The largest absolute Gasteiger partial charge is 0.376 e. The Morgan fingerprint density at radius 3 is 2.70 bits per heavy atom. The zero-order valence-electron chi connectivity index (χ0n) is 18.3. The highest BCUT2D eigenvalue weighted by molar-refractivity contribution is 5.39. The van der Waals surface area contributed by atoms with Crippen molar-refractivity contribution in [1.82, 2.24) is 29.9 Å². The molecule has 4 atom stereocenters. The molecule has 2 saturated carbocycles. The molecule has 1 saturated heterocycles. The van der Waals surface area contributed by atoms with E-state index in [1.54, 1.807) is 0 Å². The monoisotopic (exact) mass is 411 g/mol. The number of aryl methyl sites for hydroxylation is 1. The van der Waals surface area contributed by atoms with Gasteiger partial charge in [-0.05, 0) is 70.5 Å². The van der Waals surface area contributed by atoms with Crippen molar-refractivity contribution in [3.8, 4) is 0 Å². The predicted molar refractivity (Wildman–Crippen MR) is 114 cm³/mol. The minimum Gasteiger partial charge on any atom is -0.376 e. The average molecular weight is 412 g/mol. The third-order valence-electron chi connectivity index (χ3n) is 6.79. The number of rotatable bonds is 7. The number of hydrogen-bond acceptors (Lipinski definition) is 7. The second-order valence-corrected chi connectivity index (χ2v) is 9.67. The van der Waals surface area contributed by atoms with E-state index in [9.17, 15) is 0 Å². The zero-order valence-corrected chi connectivity index (χ0v) is 18.3. The molecule has 162 valence electrons. The standard InChI is InChI=1S/C22H33N7O/c1-15-23-7-6-22(24-15)28-10-17-8-20(29-13-19(25-26-29)12-27(2)3)21(9-18(17)11-28)30-14-16-4-5-16/h6-7,13,16-18,20-21H,4-5,8-12,14H2,1-3H3/t17-,18+,20-,21-/m1/s1. The first-order chi connectivity index (χ1) is 14.5. The van der Waals surface area contributed by atoms with Gasteiger partial charge in [-0.1, -0.05) is 5.21 Å². The highest BCUT2D eigenvalue weighted by atomic mass is 16.5. The van der Waals surface area contributed by atoms with Crippen LogP contribution in [0.15, 0.2) is 18.5 Å². The molecule has 3 heterocycles. The normalized spacial score (nSPS) is 28.9. The van der Waals surface area contributed by atoms with Gasteiger partial charge in [-0.2, -0.15) is 0 Å². The molecule has 2 aromatic heterocycles. The first-order valence-electron chi connectivity index (χ1n) is 11.3. The SMILES string of the molecule is Cc1nccc(N2C[C@H]3C[C@@H](n4cc(CN(C)C)nn4)[C@H](OCC4CC4)C[C@H]3C2)n1. The topological polar surface area (TPSA) is 72.2 Å². The molecule has 30 heavy (non-hydrogen) atoms. The Kier molecular flexibility index (Phi) is 5.45. The van der Waals surface area contributed by atoms with Crippen molar-refractivity contribution in [2.45, 2.75) is 51.3 Å². The van der Waals surface area contributed by atoms with E-state index in [0.29, 0.717) is 11.8 Å². The Balaban J connectivity index is 1.33. The molecule has 8 nitrogen and oxygen atoms in total. The van der Waals surface area contributed by atoms with E-state index in [0.717, 1.165) is 62.3 Å². The van der Waals surface area contributed by atoms with Crippen molar-refractivity contribution in [2.75, 3.05) is 38.7 Å². The lowest BCUT2D eigenvalue weighted by Gasteiger charge is -2.37. The van der Waals surface area contributed by atoms with Crippen LogP contribution in [-0.4, -0.2) is 69.8 Å². The van der Waals surface area contributed by atoms with Crippen molar-refractivity contribution in [2.24, 2.45) is 17.8 Å². The second kappa shape index (κ2) is 8.23. The highest BCUT2D eigenvalue weighted by Crippen LogP contribution is 2.44. The predicted octanol–water partition coefficient (Wildman–Crippen LogP) is 2.32. The molecule has 0 aromatic carbocycles. The van der Waals surface area contributed by atoms with E-state index >= 15 is 0 Å². The number of anilines is 1. The maximum atomic E-state index is 6.49. The number of fused-ring (bicyclic) bond motifs is 1. The molecule has 2 aliphatic carbocycles. The molecule has 5 rings (SSSR count). The first kappa shape index (κ1) is 19.9. The van der Waals surface area contributed by atoms with Crippen LogP contribution in [0.3, 0.4) is 0 Å². The first-order valence-corrected chi connectivity index (χ1v) is 11.3. The van der Waals surface area contributed by atoms with Gasteiger partial charge in [0.1, 0.15) is 11.6 Å². The Morgan fingerprint density at radius 2 is 1.97 bits per heavy atom. The van der Waals surface area contributed by atoms with E-state index in [1.807, 2.05) is 19.2 Å². The fourth-order valence-electron chi connectivity index (χ4n) is 5.07. The lowest BCUT2D eigenvalue weighted by molar-refractivity contribution is -0.0375. The lowest BCUT2D eigenvalue weighted by atomic mass is 9.77. The Hall–Kier alpha value is -2.06. The van der Waals surface area contributed by atoms with Crippen molar-refractivity contribution in [1.29, 1.82) is 0 Å². The van der Waals surface area contributed by atoms with Gasteiger partial charge in [-0.3, -0.25) is 0 Å². The molecule has 0 bridgehead atoms. The number of ether oxygens (including phenoxy) is 1. The fourth-order valence-corrected chi connectivity index (χ4v) is 5.07. The molecule has 0 unspecified atom stereocenters. The summed E-state index contributed by atoms with van der Waals surface area (Å²) in [5.74, 6) is 3.94. The van der Waals surface area contributed by atoms with E-state index in [2.05, 4.69) is 55.1 Å². The summed E-state index contributed by atoms with van der Waals surface area (Å²) in [4.78, 5) is 13.5. The maximum Gasteiger partial charge on any atom is 0.132 e. The molecule has 0 spiro atoms. The van der Waals surface area contributed by atoms with E-state index in [-0.39, 0.29) is 12.1 Å². The molecular weight excluding hydrogens is 378 g/mol. The van der Waals surface area contributed by atoms with Crippen LogP contribution in [0.1, 0.15) is 43.2 Å². The van der Waals surface area contributed by atoms with Crippen molar-refractivity contribution in [3.05, 3.63) is 30.0 Å². The Labute approximate surface area is 178 Å². The Morgan fingerprint density at radius 1 is 1.17 bits per heavy atom. The van der Waals surface area contributed by atoms with Gasteiger partial charge in [-0.25, -0.2) is 14.6 Å². The van der Waals surface area contributed by atoms with E-state index < -0.39 is 0 Å². The van der Waals surface area contributed by atoms with Crippen LogP contribution >= 0.6 is 0 Å².